The zero-order chi connectivity index (χ0) is 13.9. The molecule has 1 aromatic carbocycles. The molecule has 2 aliphatic heterocycles. The number of hydrogen-bond donors (Lipinski definition) is 2. The lowest BCUT2D eigenvalue weighted by atomic mass is 10.1. The molecular weight excluding hydrogens is 260 g/mol. The first-order valence-corrected chi connectivity index (χ1v) is 6.28. The van der Waals surface area contributed by atoms with Crippen molar-refractivity contribution in [1.29, 1.82) is 0 Å². The summed E-state index contributed by atoms with van der Waals surface area (Å²) in [4.78, 5) is 23.2. The molecule has 0 spiro atoms. The number of rotatable bonds is 1. The number of carbonyl (C=O) groups is 2. The molecule has 0 aliphatic carbocycles. The molecular formula is C13H10N4O3. The van der Waals surface area contributed by atoms with E-state index in [0.717, 1.165) is 5.39 Å². The third-order valence-corrected chi connectivity index (χ3v) is 3.74. The van der Waals surface area contributed by atoms with E-state index in [1.807, 2.05) is 6.07 Å². The molecule has 7 nitrogen and oxygen atoms in total. The third kappa shape index (κ3) is 1.29. The number of benzene rings is 1. The van der Waals surface area contributed by atoms with E-state index in [0.29, 0.717) is 23.3 Å². The number of amides is 2. The first-order valence-electron chi connectivity index (χ1n) is 6.28. The molecule has 1 aromatic heterocycles. The van der Waals surface area contributed by atoms with Crippen molar-refractivity contribution < 1.29 is 14.7 Å². The van der Waals surface area contributed by atoms with Gasteiger partial charge in [-0.25, -0.2) is 0 Å². The zero-order valence-corrected chi connectivity index (χ0v) is 10.3. The molecule has 20 heavy (non-hydrogen) atoms. The molecule has 100 valence electrons. The lowest BCUT2D eigenvalue weighted by molar-refractivity contribution is -0.135. The highest BCUT2D eigenvalue weighted by Crippen LogP contribution is 2.49. The molecule has 1 unspecified atom stereocenters. The maximum atomic E-state index is 12.0. The second-order valence-corrected chi connectivity index (χ2v) is 4.88. The quantitative estimate of drug-likeness (QED) is 0.662. The van der Waals surface area contributed by atoms with Crippen LogP contribution in [-0.2, 0) is 9.59 Å². The fourth-order valence-corrected chi connectivity index (χ4v) is 2.84. The first kappa shape index (κ1) is 11.2. The van der Waals surface area contributed by atoms with E-state index >= 15 is 0 Å². The maximum absolute atomic E-state index is 12.0. The van der Waals surface area contributed by atoms with Crippen LogP contribution in [0.15, 0.2) is 28.4 Å². The molecule has 0 radical (unpaired) electrons. The average Bonchev–Trinajstić information content (AvgIpc) is 2.96. The monoisotopic (exact) mass is 270 g/mol. The zero-order valence-electron chi connectivity index (χ0n) is 10.3. The predicted octanol–water partition coefficient (Wildman–Crippen LogP) is 2.05. The highest BCUT2D eigenvalue weighted by molar-refractivity contribution is 6.06. The fraction of sp³-hybridized carbons (Fsp3) is 0.231. The van der Waals surface area contributed by atoms with Crippen LogP contribution in [0.3, 0.4) is 0 Å². The van der Waals surface area contributed by atoms with E-state index in [1.165, 1.54) is 4.57 Å². The van der Waals surface area contributed by atoms with E-state index in [-0.39, 0.29) is 18.2 Å². The Morgan fingerprint density at radius 2 is 2.15 bits per heavy atom. The highest BCUT2D eigenvalue weighted by atomic mass is 16.3. The Hall–Kier alpha value is -2.70. The predicted molar refractivity (Wildman–Crippen MR) is 69.2 cm³/mol. The number of imide groups is 1. The van der Waals surface area contributed by atoms with Crippen LogP contribution in [-0.4, -0.2) is 21.5 Å². The molecule has 1 saturated heterocycles. The summed E-state index contributed by atoms with van der Waals surface area (Å²) in [5.41, 5.74) is 1.77. The summed E-state index contributed by atoms with van der Waals surface area (Å²) >= 11 is 0. The number of aromatic nitrogens is 1. The van der Waals surface area contributed by atoms with Gasteiger partial charge in [0.1, 0.15) is 6.04 Å². The van der Waals surface area contributed by atoms with Gasteiger partial charge in [0.25, 0.3) is 0 Å². The lowest BCUT2D eigenvalue weighted by Crippen LogP contribution is -2.41. The lowest BCUT2D eigenvalue weighted by Gasteiger charge is -2.23. The van der Waals surface area contributed by atoms with Crippen molar-refractivity contribution in [1.82, 2.24) is 9.88 Å². The summed E-state index contributed by atoms with van der Waals surface area (Å²) < 4.78 is 1.54. The van der Waals surface area contributed by atoms with Gasteiger partial charge in [0.2, 0.25) is 17.7 Å². The van der Waals surface area contributed by atoms with E-state index in [1.54, 1.807) is 12.1 Å². The SMILES string of the molecule is O=C1CCC(n2c(O)c3c4c(cccc42)N=N3)C(=O)N1. The summed E-state index contributed by atoms with van der Waals surface area (Å²) in [6.45, 7) is 0. The number of hydrogen-bond acceptors (Lipinski definition) is 5. The summed E-state index contributed by atoms with van der Waals surface area (Å²) in [5, 5.41) is 21.3. The molecule has 1 atom stereocenters. The molecule has 2 aromatic rings. The second-order valence-electron chi connectivity index (χ2n) is 4.88. The molecule has 4 rings (SSSR count). The van der Waals surface area contributed by atoms with Crippen molar-refractivity contribution in [3.63, 3.8) is 0 Å². The Bertz CT molecular complexity index is 806. The van der Waals surface area contributed by atoms with Crippen LogP contribution in [0, 0.1) is 0 Å². The van der Waals surface area contributed by atoms with Crippen LogP contribution in [0.2, 0.25) is 0 Å². The molecule has 3 heterocycles. The number of carbonyl (C=O) groups excluding carboxylic acids is 2. The van der Waals surface area contributed by atoms with Gasteiger partial charge in [0.05, 0.1) is 16.6 Å². The maximum Gasteiger partial charge on any atom is 0.249 e. The van der Waals surface area contributed by atoms with Gasteiger partial charge in [-0.05, 0) is 18.6 Å². The number of azo groups is 1. The van der Waals surface area contributed by atoms with Crippen molar-refractivity contribution in [2.75, 3.05) is 0 Å². The van der Waals surface area contributed by atoms with Crippen LogP contribution in [0.5, 0.6) is 5.88 Å². The van der Waals surface area contributed by atoms with E-state index in [9.17, 15) is 14.7 Å². The first-order chi connectivity index (χ1) is 9.66. The van der Waals surface area contributed by atoms with E-state index in [4.69, 9.17) is 0 Å². The number of aromatic hydroxyl groups is 1. The van der Waals surface area contributed by atoms with E-state index < -0.39 is 11.9 Å². The van der Waals surface area contributed by atoms with E-state index in [2.05, 4.69) is 15.5 Å². The van der Waals surface area contributed by atoms with Gasteiger partial charge in [-0.3, -0.25) is 19.5 Å². The number of nitrogens with zero attached hydrogens (tertiary/aromatic N) is 3. The van der Waals surface area contributed by atoms with Gasteiger partial charge < -0.3 is 5.11 Å². The number of piperidine rings is 1. The highest BCUT2D eigenvalue weighted by Gasteiger charge is 2.33. The van der Waals surface area contributed by atoms with Crippen molar-refractivity contribution in [3.05, 3.63) is 18.2 Å². The van der Waals surface area contributed by atoms with Crippen molar-refractivity contribution in [2.45, 2.75) is 18.9 Å². The van der Waals surface area contributed by atoms with Crippen LogP contribution >= 0.6 is 0 Å². The van der Waals surface area contributed by atoms with Crippen LogP contribution < -0.4 is 5.32 Å². The molecule has 0 saturated carbocycles. The smallest absolute Gasteiger partial charge is 0.249 e. The van der Waals surface area contributed by atoms with Gasteiger partial charge in [-0.1, -0.05) is 6.07 Å². The Morgan fingerprint density at radius 1 is 1.30 bits per heavy atom. The standard InChI is InChI=1S/C13H10N4O3/c18-9-5-4-8(12(19)14-9)17-7-3-1-2-6-10(7)11(13(17)20)16-15-6/h1-3,8,20H,4-5H2,(H,14,18,19). The molecule has 2 N–H and O–H groups in total. The van der Waals surface area contributed by atoms with Gasteiger partial charge in [-0.15, -0.1) is 10.2 Å². The van der Waals surface area contributed by atoms with Crippen molar-refractivity contribution >= 4 is 34.1 Å². The van der Waals surface area contributed by atoms with Gasteiger partial charge in [0.15, 0.2) is 5.69 Å². The van der Waals surface area contributed by atoms with Crippen molar-refractivity contribution in [2.24, 2.45) is 10.2 Å². The molecule has 2 aliphatic rings. The Kier molecular flexibility index (Phi) is 2.04. The minimum Gasteiger partial charge on any atom is -0.493 e. The summed E-state index contributed by atoms with van der Waals surface area (Å²) in [5.74, 6) is -0.763. The molecule has 7 heteroatoms. The number of nitrogens with one attached hydrogen (secondary N) is 1. The van der Waals surface area contributed by atoms with Gasteiger partial charge in [0, 0.05) is 6.42 Å². The van der Waals surface area contributed by atoms with Crippen LogP contribution in [0.4, 0.5) is 11.4 Å². The average molecular weight is 270 g/mol. The fourth-order valence-electron chi connectivity index (χ4n) is 2.84. The van der Waals surface area contributed by atoms with Gasteiger partial charge >= 0.3 is 0 Å². The second kappa shape index (κ2) is 3.66. The normalized spacial score (nSPS) is 20.7. The molecule has 0 bridgehead atoms. The Labute approximate surface area is 112 Å². The minimum absolute atomic E-state index is 0.0804. The Balaban J connectivity index is 1.94. The minimum atomic E-state index is -0.604. The molecule has 2 amide bonds. The van der Waals surface area contributed by atoms with Crippen LogP contribution in [0.25, 0.3) is 10.9 Å². The summed E-state index contributed by atoms with van der Waals surface area (Å²) in [7, 11) is 0. The largest absolute Gasteiger partial charge is 0.493 e. The third-order valence-electron chi connectivity index (χ3n) is 3.74. The van der Waals surface area contributed by atoms with Gasteiger partial charge in [-0.2, -0.15) is 0 Å². The molecule has 1 fully saturated rings. The summed E-state index contributed by atoms with van der Waals surface area (Å²) in [6, 6.07) is 4.80. The topological polar surface area (TPSA) is 96.1 Å². The summed E-state index contributed by atoms with van der Waals surface area (Å²) in [6.07, 6.45) is 0.620. The van der Waals surface area contributed by atoms with Crippen molar-refractivity contribution in [3.8, 4) is 5.88 Å². The van der Waals surface area contributed by atoms with Crippen LogP contribution in [0.1, 0.15) is 18.9 Å². The Morgan fingerprint density at radius 3 is 2.95 bits per heavy atom.